The minimum atomic E-state index is -5.39. The fraction of sp³-hybridized carbons (Fsp3) is 1.00. The van der Waals surface area contributed by atoms with Crippen LogP contribution in [-0.4, -0.2) is 5.33 Å². The van der Waals surface area contributed by atoms with E-state index < -0.39 is 7.82 Å². The molecular weight excluding hydrogens is 223 g/mol. The van der Waals surface area contributed by atoms with Crippen LogP contribution in [0.1, 0.15) is 19.8 Å². The Morgan fingerprint density at radius 3 is 1.70 bits per heavy atom. The van der Waals surface area contributed by atoms with Crippen molar-refractivity contribution in [2.45, 2.75) is 19.8 Å². The largest absolute Gasteiger partial charge is 0.822 e. The van der Waals surface area contributed by atoms with Crippen LogP contribution < -0.4 is 14.7 Å². The lowest BCUT2D eigenvalue weighted by atomic mass is 10.4. The highest BCUT2D eigenvalue weighted by atomic mass is 79.9. The van der Waals surface area contributed by atoms with Gasteiger partial charge in [-0.05, 0) is 6.42 Å². The van der Waals surface area contributed by atoms with Crippen LogP contribution in [0.4, 0.5) is 0 Å². The molecule has 0 aromatic carbocycles. The number of unbranched alkanes of at least 4 members (excludes halogenated alkanes) is 1. The topological polar surface area (TPSA) is 86.2 Å². The maximum atomic E-state index is 8.55. The van der Waals surface area contributed by atoms with E-state index in [1.54, 1.807) is 0 Å². The summed E-state index contributed by atoms with van der Waals surface area (Å²) in [6.45, 7) is 2.18. The van der Waals surface area contributed by atoms with Crippen LogP contribution in [0.15, 0.2) is 0 Å². The lowest BCUT2D eigenvalue weighted by Crippen LogP contribution is -2.24. The van der Waals surface area contributed by atoms with Gasteiger partial charge < -0.3 is 19.2 Å². The predicted molar refractivity (Wildman–Crippen MR) is 36.3 cm³/mol. The zero-order valence-corrected chi connectivity index (χ0v) is 8.06. The molecule has 0 spiro atoms. The van der Waals surface area contributed by atoms with Crippen molar-refractivity contribution < 1.29 is 19.2 Å². The normalized spacial score (nSPS) is 10.1. The van der Waals surface area contributed by atoms with Crippen molar-refractivity contribution in [3.8, 4) is 0 Å². The van der Waals surface area contributed by atoms with Crippen LogP contribution in [0.3, 0.4) is 0 Å². The standard InChI is InChI=1S/C4H9Br.H3O4P/c1-2-3-4-5;1-5(2,3)4/h2-4H2,1H3;(H3,1,2,3,4)/p-3. The number of halogens is 1. The Kier molecular flexibility index (Phi) is 10.2. The highest BCUT2D eigenvalue weighted by Crippen LogP contribution is 2.03. The van der Waals surface area contributed by atoms with Crippen molar-refractivity contribution in [1.29, 1.82) is 0 Å². The molecule has 10 heavy (non-hydrogen) atoms. The van der Waals surface area contributed by atoms with Crippen LogP contribution in [0, 0.1) is 0 Å². The van der Waals surface area contributed by atoms with E-state index in [2.05, 4.69) is 22.9 Å². The van der Waals surface area contributed by atoms with Gasteiger partial charge in [0.05, 0.1) is 0 Å². The summed E-state index contributed by atoms with van der Waals surface area (Å²) in [5, 5.41) is 1.16. The molecule has 0 rings (SSSR count). The van der Waals surface area contributed by atoms with Gasteiger partial charge in [0.1, 0.15) is 0 Å². The molecule has 0 heterocycles. The average Bonchev–Trinajstić information content (AvgIpc) is 1.63. The summed E-state index contributed by atoms with van der Waals surface area (Å²) in [7, 11) is -5.39. The Morgan fingerprint density at radius 2 is 1.70 bits per heavy atom. The SMILES string of the molecule is CCCCBr.O=P([O-])([O-])[O-]. The lowest BCUT2D eigenvalue weighted by molar-refractivity contribution is -0.432. The van der Waals surface area contributed by atoms with Gasteiger partial charge in [0.15, 0.2) is 0 Å². The van der Waals surface area contributed by atoms with Crippen LogP contribution in [0.5, 0.6) is 0 Å². The van der Waals surface area contributed by atoms with Crippen LogP contribution >= 0.6 is 23.8 Å². The molecule has 0 aromatic heterocycles. The Bertz CT molecular complexity index is 91.2. The van der Waals surface area contributed by atoms with Crippen LogP contribution in [-0.2, 0) is 4.57 Å². The Morgan fingerprint density at radius 1 is 1.40 bits per heavy atom. The van der Waals surface area contributed by atoms with Crippen LogP contribution in [0.25, 0.3) is 0 Å². The summed E-state index contributed by atoms with van der Waals surface area (Å²) in [6, 6.07) is 0. The molecule has 4 nitrogen and oxygen atoms in total. The van der Waals surface area contributed by atoms with E-state index in [1.807, 2.05) is 0 Å². The van der Waals surface area contributed by atoms with Crippen molar-refractivity contribution in [3.63, 3.8) is 0 Å². The maximum absolute atomic E-state index is 8.55. The highest BCUT2D eigenvalue weighted by Gasteiger charge is 1.69. The molecule has 64 valence electrons. The fourth-order valence-corrected chi connectivity index (χ4v) is 0.694. The van der Waals surface area contributed by atoms with Crippen molar-refractivity contribution in [2.24, 2.45) is 0 Å². The molecular formula is C4H9BrO4P-3. The molecule has 0 atom stereocenters. The zero-order valence-electron chi connectivity index (χ0n) is 5.58. The van der Waals surface area contributed by atoms with Gasteiger partial charge >= 0.3 is 0 Å². The van der Waals surface area contributed by atoms with Crippen molar-refractivity contribution in [3.05, 3.63) is 0 Å². The number of alkyl halides is 1. The minimum absolute atomic E-state index is 1.16. The molecule has 0 aromatic rings. The Balaban J connectivity index is 0. The van der Waals surface area contributed by atoms with E-state index in [-0.39, 0.29) is 0 Å². The third-order valence-corrected chi connectivity index (χ3v) is 1.05. The molecule has 0 bridgehead atoms. The van der Waals surface area contributed by atoms with Gasteiger partial charge in [-0.2, -0.15) is 7.82 Å². The van der Waals surface area contributed by atoms with E-state index >= 15 is 0 Å². The first-order chi connectivity index (χ1) is 4.41. The van der Waals surface area contributed by atoms with E-state index in [4.69, 9.17) is 19.2 Å². The summed E-state index contributed by atoms with van der Waals surface area (Å²) in [5.74, 6) is 0. The quantitative estimate of drug-likeness (QED) is 0.467. The molecule has 0 aliphatic rings. The molecule has 0 fully saturated rings. The number of phosphoric acid groups is 1. The third-order valence-electron chi connectivity index (χ3n) is 0.487. The molecule has 6 heteroatoms. The number of rotatable bonds is 2. The van der Waals surface area contributed by atoms with Gasteiger partial charge in [-0.25, -0.2) is 0 Å². The van der Waals surface area contributed by atoms with E-state index in [9.17, 15) is 0 Å². The van der Waals surface area contributed by atoms with Gasteiger partial charge in [-0.15, -0.1) is 0 Å². The number of hydrogen-bond donors (Lipinski definition) is 0. The summed E-state index contributed by atoms with van der Waals surface area (Å²) >= 11 is 3.31. The van der Waals surface area contributed by atoms with Gasteiger partial charge in [-0.3, -0.25) is 0 Å². The Hall–Kier alpha value is 0.590. The van der Waals surface area contributed by atoms with Gasteiger partial charge in [0.25, 0.3) is 0 Å². The third kappa shape index (κ3) is 73.8. The number of hydrogen-bond acceptors (Lipinski definition) is 4. The molecule has 0 aliphatic heterocycles. The fourth-order valence-electron chi connectivity index (χ4n) is 0.134. The molecule has 0 saturated heterocycles. The summed E-state index contributed by atoms with van der Waals surface area (Å²) in [4.78, 5) is 25.6. The summed E-state index contributed by atoms with van der Waals surface area (Å²) in [6.07, 6.45) is 2.60. The second-order valence-electron chi connectivity index (χ2n) is 1.49. The van der Waals surface area contributed by atoms with Crippen molar-refractivity contribution in [1.82, 2.24) is 0 Å². The van der Waals surface area contributed by atoms with E-state index in [0.717, 1.165) is 5.33 Å². The first kappa shape index (κ1) is 13.2. The molecule has 0 saturated carbocycles. The lowest BCUT2D eigenvalue weighted by Gasteiger charge is -2.36. The molecule has 0 radical (unpaired) electrons. The monoisotopic (exact) mass is 231 g/mol. The smallest absolute Gasteiger partial charge is 0.00312 e. The van der Waals surface area contributed by atoms with Crippen molar-refractivity contribution >= 4 is 23.8 Å². The zero-order chi connectivity index (χ0) is 8.62. The van der Waals surface area contributed by atoms with Gasteiger partial charge in [0, 0.05) is 5.33 Å². The van der Waals surface area contributed by atoms with Crippen molar-refractivity contribution in [2.75, 3.05) is 5.33 Å². The second kappa shape index (κ2) is 7.69. The predicted octanol–water partition coefficient (Wildman–Crippen LogP) is -0.643. The van der Waals surface area contributed by atoms with E-state index in [0.29, 0.717) is 0 Å². The first-order valence-corrected chi connectivity index (χ1v) is 5.29. The molecule has 0 amide bonds. The summed E-state index contributed by atoms with van der Waals surface area (Å²) in [5.41, 5.74) is 0. The second-order valence-corrected chi connectivity index (χ2v) is 3.18. The molecule has 0 aliphatic carbocycles. The van der Waals surface area contributed by atoms with E-state index in [1.165, 1.54) is 12.8 Å². The van der Waals surface area contributed by atoms with Gasteiger partial charge in [0.2, 0.25) is 0 Å². The average molecular weight is 232 g/mol. The highest BCUT2D eigenvalue weighted by molar-refractivity contribution is 9.09. The maximum Gasteiger partial charge on any atom is 0.00312 e. The first-order valence-electron chi connectivity index (χ1n) is 2.70. The minimum Gasteiger partial charge on any atom is -0.822 e. The summed E-state index contributed by atoms with van der Waals surface area (Å²) < 4.78 is 8.55. The van der Waals surface area contributed by atoms with Crippen LogP contribution in [0.2, 0.25) is 0 Å². The Labute approximate surface area is 68.6 Å². The molecule has 0 unspecified atom stereocenters. The molecule has 0 N–H and O–H groups in total. The van der Waals surface area contributed by atoms with Gasteiger partial charge in [-0.1, -0.05) is 29.3 Å².